The predicted octanol–water partition coefficient (Wildman–Crippen LogP) is 20.5. The van der Waals surface area contributed by atoms with Crippen molar-refractivity contribution in [3.63, 3.8) is 0 Å². The summed E-state index contributed by atoms with van der Waals surface area (Å²) in [6.45, 7) is 14.5. The van der Waals surface area contributed by atoms with Gasteiger partial charge in [-0.15, -0.1) is 0 Å². The number of hydrogen-bond acceptors (Lipinski definition) is 6. The van der Waals surface area contributed by atoms with E-state index < -0.39 is 6.29 Å². The SMILES string of the molecule is CCCCCCCCCCC(CCCCCCCC)COC(=O)CCCCCC(CCCCCC(O)OCC(CCCCCCCC)CCCCCCCCCC)N(CCCN(C)C)C(=O)CCCCCCCC. The molecule has 0 spiro atoms. The Balaban J connectivity index is 5.40. The van der Waals surface area contributed by atoms with Crippen molar-refractivity contribution in [2.45, 2.75) is 368 Å². The fourth-order valence-electron chi connectivity index (χ4n) is 11.2. The molecule has 1 amide bonds. The van der Waals surface area contributed by atoms with Crippen molar-refractivity contribution < 1.29 is 24.2 Å². The van der Waals surface area contributed by atoms with E-state index in [1.807, 2.05) is 0 Å². The van der Waals surface area contributed by atoms with Crippen LogP contribution in [0.25, 0.3) is 0 Å². The zero-order chi connectivity index (χ0) is 54.2. The summed E-state index contributed by atoms with van der Waals surface area (Å²) in [6, 6.07) is 0.219. The van der Waals surface area contributed by atoms with E-state index in [1.165, 1.54) is 231 Å². The summed E-state index contributed by atoms with van der Waals surface area (Å²) in [7, 11) is 4.26. The lowest BCUT2D eigenvalue weighted by Crippen LogP contribution is -2.41. The van der Waals surface area contributed by atoms with Gasteiger partial charge in [0, 0.05) is 25.4 Å². The molecule has 74 heavy (non-hydrogen) atoms. The van der Waals surface area contributed by atoms with Gasteiger partial charge in [-0.2, -0.15) is 0 Å². The van der Waals surface area contributed by atoms with Crippen LogP contribution in [-0.2, 0) is 19.1 Å². The number of ether oxygens (including phenoxy) is 2. The molecule has 7 nitrogen and oxygen atoms in total. The summed E-state index contributed by atoms with van der Waals surface area (Å²) in [5.74, 6) is 1.36. The van der Waals surface area contributed by atoms with Crippen molar-refractivity contribution in [1.82, 2.24) is 9.80 Å². The molecule has 1 N–H and O–H groups in total. The molecule has 0 saturated heterocycles. The Morgan fingerprint density at radius 1 is 0.365 bits per heavy atom. The summed E-state index contributed by atoms with van der Waals surface area (Å²) >= 11 is 0. The molecule has 0 rings (SSSR count). The fraction of sp³-hybridized carbons (Fsp3) is 0.970. The highest BCUT2D eigenvalue weighted by Gasteiger charge is 2.23. The first-order chi connectivity index (χ1) is 36.2. The predicted molar refractivity (Wildman–Crippen MR) is 323 cm³/mol. The van der Waals surface area contributed by atoms with Gasteiger partial charge in [0.1, 0.15) is 0 Å². The van der Waals surface area contributed by atoms with Gasteiger partial charge < -0.3 is 24.4 Å². The maximum Gasteiger partial charge on any atom is 0.305 e. The summed E-state index contributed by atoms with van der Waals surface area (Å²) in [6.07, 6.45) is 59.3. The number of aliphatic hydroxyl groups is 1. The average molecular weight is 1050 g/mol. The smallest absolute Gasteiger partial charge is 0.305 e. The van der Waals surface area contributed by atoms with E-state index in [0.29, 0.717) is 50.2 Å². The van der Waals surface area contributed by atoms with Gasteiger partial charge >= 0.3 is 5.97 Å². The molecular formula is C67H134N2O5. The van der Waals surface area contributed by atoms with E-state index in [1.54, 1.807) is 0 Å². The molecule has 0 aliphatic rings. The molecule has 4 unspecified atom stereocenters. The lowest BCUT2D eigenvalue weighted by molar-refractivity contribution is -0.145. The first kappa shape index (κ1) is 72.8. The number of hydrogen-bond donors (Lipinski definition) is 1. The fourth-order valence-corrected chi connectivity index (χ4v) is 11.2. The van der Waals surface area contributed by atoms with Crippen LogP contribution in [0.1, 0.15) is 356 Å². The van der Waals surface area contributed by atoms with E-state index >= 15 is 0 Å². The Bertz CT molecular complexity index is 1130. The number of nitrogens with zero attached hydrogens (tertiary/aromatic N) is 2. The largest absolute Gasteiger partial charge is 0.465 e. The van der Waals surface area contributed by atoms with Gasteiger partial charge in [-0.3, -0.25) is 9.59 Å². The minimum absolute atomic E-state index is 0.0205. The van der Waals surface area contributed by atoms with Gasteiger partial charge in [0.05, 0.1) is 13.2 Å². The first-order valence-corrected chi connectivity index (χ1v) is 33.6. The highest BCUT2D eigenvalue weighted by atomic mass is 16.6. The number of amides is 1. The van der Waals surface area contributed by atoms with E-state index in [4.69, 9.17) is 9.47 Å². The molecule has 0 aromatic rings. The van der Waals surface area contributed by atoms with Crippen molar-refractivity contribution in [3.8, 4) is 0 Å². The van der Waals surface area contributed by atoms with Crippen molar-refractivity contribution in [2.75, 3.05) is 40.4 Å². The molecule has 4 atom stereocenters. The molecule has 0 saturated carbocycles. The average Bonchev–Trinajstić information content (AvgIpc) is 3.39. The molecule has 0 aromatic carbocycles. The molecule has 0 bridgehead atoms. The van der Waals surface area contributed by atoms with E-state index in [9.17, 15) is 14.7 Å². The van der Waals surface area contributed by atoms with E-state index in [-0.39, 0.29) is 12.0 Å². The second-order valence-electron chi connectivity index (χ2n) is 24.0. The topological polar surface area (TPSA) is 79.3 Å². The van der Waals surface area contributed by atoms with Crippen LogP contribution in [0.2, 0.25) is 0 Å². The van der Waals surface area contributed by atoms with Gasteiger partial charge in [-0.05, 0) is 103 Å². The second kappa shape index (κ2) is 58.0. The molecule has 0 aliphatic heterocycles. The maximum atomic E-state index is 14.1. The van der Waals surface area contributed by atoms with Crippen LogP contribution in [-0.4, -0.2) is 79.5 Å². The maximum absolute atomic E-state index is 14.1. The lowest BCUT2D eigenvalue weighted by Gasteiger charge is -2.33. The molecular weight excluding hydrogens is 913 g/mol. The number of unbranched alkanes of at least 4 members (excludes halogenated alkanes) is 33. The standard InChI is InChI=1S/C67H134N2O5/c1-8-13-18-23-28-30-34-41-51-62(49-39-32-25-20-15-10-3)60-73-66(71)56-46-37-43-53-64(69(59-48-58-68(6)7)65(70)55-45-36-27-22-17-12-5)54-44-38-47-57-67(72)74-61-63(50-40-33-26-21-16-11-4)52-42-35-31-29-24-19-14-9-2/h62-64,66,71H,8-61H2,1-7H3. The number of esters is 1. The Kier molecular flexibility index (Phi) is 57.1. The monoisotopic (exact) mass is 1050 g/mol. The van der Waals surface area contributed by atoms with Crippen LogP contribution < -0.4 is 0 Å². The molecule has 0 fully saturated rings. The van der Waals surface area contributed by atoms with Crippen molar-refractivity contribution in [1.29, 1.82) is 0 Å². The molecule has 0 aliphatic carbocycles. The first-order valence-electron chi connectivity index (χ1n) is 33.6. The van der Waals surface area contributed by atoms with Gasteiger partial charge in [0.2, 0.25) is 5.91 Å². The third-order valence-corrected chi connectivity index (χ3v) is 16.3. The van der Waals surface area contributed by atoms with Gasteiger partial charge in [-0.1, -0.05) is 272 Å². The Morgan fingerprint density at radius 2 is 0.689 bits per heavy atom. The number of rotatable bonds is 61. The highest BCUT2D eigenvalue weighted by molar-refractivity contribution is 5.76. The number of carbonyl (C=O) groups is 2. The normalized spacial score (nSPS) is 13.4. The van der Waals surface area contributed by atoms with Crippen LogP contribution in [0.3, 0.4) is 0 Å². The summed E-state index contributed by atoms with van der Waals surface area (Å²) < 4.78 is 12.2. The molecule has 0 radical (unpaired) electrons. The highest BCUT2D eigenvalue weighted by Crippen LogP contribution is 2.25. The van der Waals surface area contributed by atoms with E-state index in [2.05, 4.69) is 58.5 Å². The number of carbonyl (C=O) groups excluding carboxylic acids is 2. The van der Waals surface area contributed by atoms with Crippen LogP contribution in [0.15, 0.2) is 0 Å². The summed E-state index contributed by atoms with van der Waals surface area (Å²) in [4.78, 5) is 31.8. The number of aliphatic hydroxyl groups excluding tert-OH is 1. The Hall–Kier alpha value is -1.18. The second-order valence-corrected chi connectivity index (χ2v) is 24.0. The minimum Gasteiger partial charge on any atom is -0.465 e. The van der Waals surface area contributed by atoms with Crippen LogP contribution in [0.4, 0.5) is 0 Å². The van der Waals surface area contributed by atoms with E-state index in [0.717, 1.165) is 83.7 Å². The lowest BCUT2D eigenvalue weighted by atomic mass is 9.94. The molecule has 7 heteroatoms. The van der Waals surface area contributed by atoms with Crippen LogP contribution in [0, 0.1) is 11.8 Å². The third-order valence-electron chi connectivity index (χ3n) is 16.3. The Labute approximate surface area is 464 Å². The Morgan fingerprint density at radius 3 is 1.11 bits per heavy atom. The van der Waals surface area contributed by atoms with Gasteiger partial charge in [-0.25, -0.2) is 0 Å². The van der Waals surface area contributed by atoms with Crippen LogP contribution >= 0.6 is 0 Å². The quantitative estimate of drug-likeness (QED) is 0.0371. The van der Waals surface area contributed by atoms with Crippen molar-refractivity contribution in [2.24, 2.45) is 11.8 Å². The minimum atomic E-state index is -0.689. The zero-order valence-corrected chi connectivity index (χ0v) is 51.5. The van der Waals surface area contributed by atoms with Gasteiger partial charge in [0.15, 0.2) is 6.29 Å². The van der Waals surface area contributed by atoms with Crippen LogP contribution in [0.5, 0.6) is 0 Å². The van der Waals surface area contributed by atoms with Gasteiger partial charge in [0.25, 0.3) is 0 Å². The van der Waals surface area contributed by atoms with Crippen molar-refractivity contribution in [3.05, 3.63) is 0 Å². The van der Waals surface area contributed by atoms with Crippen molar-refractivity contribution >= 4 is 11.9 Å². The molecule has 442 valence electrons. The molecule has 0 aromatic heterocycles. The molecule has 0 heterocycles. The summed E-state index contributed by atoms with van der Waals surface area (Å²) in [5.41, 5.74) is 0. The third kappa shape index (κ3) is 50.3. The zero-order valence-electron chi connectivity index (χ0n) is 51.5. The summed E-state index contributed by atoms with van der Waals surface area (Å²) in [5, 5.41) is 11.0.